The largest absolute Gasteiger partial charge is 0.369 e. The quantitative estimate of drug-likeness (QED) is 0.741. The van der Waals surface area contributed by atoms with E-state index in [1.807, 2.05) is 25.1 Å². The Kier molecular flexibility index (Phi) is 2.78. The van der Waals surface area contributed by atoms with Crippen LogP contribution in [0.15, 0.2) is 40.9 Å². The van der Waals surface area contributed by atoms with E-state index in [1.54, 1.807) is 10.6 Å². The molecule has 0 aliphatic carbocycles. The van der Waals surface area contributed by atoms with Gasteiger partial charge in [0.25, 0.3) is 0 Å². The summed E-state index contributed by atoms with van der Waals surface area (Å²) in [5.74, 6) is 0.0297. The number of fused-ring (bicyclic) bond motifs is 1. The molecule has 1 aromatic heterocycles. The van der Waals surface area contributed by atoms with Crippen LogP contribution in [0.25, 0.3) is 16.7 Å². The zero-order chi connectivity index (χ0) is 13.6. The minimum atomic E-state index is -0.308. The molecule has 0 spiro atoms. The monoisotopic (exact) mass is 319 g/mol. The topological polar surface area (TPSA) is 43.8 Å². The zero-order valence-corrected chi connectivity index (χ0v) is 11.8. The van der Waals surface area contributed by atoms with Gasteiger partial charge in [0.15, 0.2) is 0 Å². The molecule has 3 nitrogen and oxygen atoms in total. The van der Waals surface area contributed by atoms with Gasteiger partial charge in [0, 0.05) is 10.5 Å². The van der Waals surface area contributed by atoms with Gasteiger partial charge in [-0.3, -0.25) is 4.57 Å². The Morgan fingerprint density at radius 1 is 1.21 bits per heavy atom. The Bertz CT molecular complexity index is 780. The second-order valence-corrected chi connectivity index (χ2v) is 5.25. The molecule has 3 rings (SSSR count). The molecule has 0 bridgehead atoms. The van der Waals surface area contributed by atoms with Crippen molar-refractivity contribution in [3.8, 4) is 5.69 Å². The third kappa shape index (κ3) is 2.00. The molecule has 0 saturated heterocycles. The number of nitrogen functional groups attached to an aromatic ring is 1. The number of rotatable bonds is 1. The third-order valence-electron chi connectivity index (χ3n) is 2.99. The van der Waals surface area contributed by atoms with Crippen molar-refractivity contribution >= 4 is 32.9 Å². The van der Waals surface area contributed by atoms with E-state index in [-0.39, 0.29) is 5.82 Å². The molecule has 0 saturated carbocycles. The van der Waals surface area contributed by atoms with Crippen LogP contribution in [0.5, 0.6) is 0 Å². The number of hydrogen-bond acceptors (Lipinski definition) is 2. The smallest absolute Gasteiger partial charge is 0.205 e. The fourth-order valence-corrected chi connectivity index (χ4v) is 2.78. The number of imidazole rings is 1. The molecule has 0 amide bonds. The van der Waals surface area contributed by atoms with Crippen LogP contribution >= 0.6 is 15.9 Å². The molecule has 0 unspecified atom stereocenters. The van der Waals surface area contributed by atoms with Crippen LogP contribution in [0.2, 0.25) is 0 Å². The van der Waals surface area contributed by atoms with E-state index in [0.29, 0.717) is 17.0 Å². The minimum absolute atomic E-state index is 0.308. The molecular formula is C14H11BrFN3. The first-order valence-corrected chi connectivity index (χ1v) is 6.55. The van der Waals surface area contributed by atoms with Gasteiger partial charge in [-0.05, 0) is 52.7 Å². The predicted molar refractivity (Wildman–Crippen MR) is 77.9 cm³/mol. The van der Waals surface area contributed by atoms with E-state index in [0.717, 1.165) is 15.7 Å². The Morgan fingerprint density at radius 2 is 2.00 bits per heavy atom. The van der Waals surface area contributed by atoms with Crippen LogP contribution in [0, 0.1) is 12.7 Å². The van der Waals surface area contributed by atoms with Gasteiger partial charge >= 0.3 is 0 Å². The first-order chi connectivity index (χ1) is 9.06. The fourth-order valence-electron chi connectivity index (χ4n) is 2.11. The van der Waals surface area contributed by atoms with Crippen molar-refractivity contribution in [1.29, 1.82) is 0 Å². The second-order valence-electron chi connectivity index (χ2n) is 4.39. The number of aromatic nitrogens is 2. The molecule has 2 N–H and O–H groups in total. The van der Waals surface area contributed by atoms with Crippen LogP contribution < -0.4 is 5.73 Å². The van der Waals surface area contributed by atoms with Gasteiger partial charge in [-0.15, -0.1) is 0 Å². The molecular weight excluding hydrogens is 309 g/mol. The van der Waals surface area contributed by atoms with E-state index < -0.39 is 0 Å². The molecule has 0 aliphatic rings. The van der Waals surface area contributed by atoms with Crippen molar-refractivity contribution in [3.05, 3.63) is 52.3 Å². The Balaban J connectivity index is 2.35. The number of benzene rings is 2. The maximum absolute atomic E-state index is 13.4. The lowest BCUT2D eigenvalue weighted by atomic mass is 10.2. The summed E-state index contributed by atoms with van der Waals surface area (Å²) in [4.78, 5) is 4.25. The summed E-state index contributed by atoms with van der Waals surface area (Å²) in [7, 11) is 0. The summed E-state index contributed by atoms with van der Waals surface area (Å²) in [5, 5.41) is 0. The molecule has 5 heteroatoms. The summed E-state index contributed by atoms with van der Waals surface area (Å²) in [5.41, 5.74) is 9.25. The van der Waals surface area contributed by atoms with E-state index in [9.17, 15) is 4.39 Å². The number of aryl methyl sites for hydroxylation is 1. The third-order valence-corrected chi connectivity index (χ3v) is 3.62. The van der Waals surface area contributed by atoms with Gasteiger partial charge in [0.1, 0.15) is 5.82 Å². The molecule has 0 radical (unpaired) electrons. The highest BCUT2D eigenvalue weighted by Crippen LogP contribution is 2.29. The molecule has 2 aromatic carbocycles. The summed E-state index contributed by atoms with van der Waals surface area (Å²) in [6, 6.07) is 10.3. The normalized spacial score (nSPS) is 11.1. The Morgan fingerprint density at radius 3 is 2.74 bits per heavy atom. The molecule has 0 atom stereocenters. The van der Waals surface area contributed by atoms with Crippen LogP contribution in [-0.4, -0.2) is 9.55 Å². The van der Waals surface area contributed by atoms with Crippen LogP contribution in [-0.2, 0) is 0 Å². The van der Waals surface area contributed by atoms with E-state index in [4.69, 9.17) is 5.73 Å². The predicted octanol–water partition coefficient (Wildman–Crippen LogP) is 3.82. The van der Waals surface area contributed by atoms with Crippen molar-refractivity contribution in [2.75, 3.05) is 5.73 Å². The van der Waals surface area contributed by atoms with Crippen LogP contribution in [0.1, 0.15) is 5.56 Å². The minimum Gasteiger partial charge on any atom is -0.369 e. The SMILES string of the molecule is Cc1ccc(-n2c(N)nc3ccc(F)cc32)c(Br)c1. The molecule has 0 fully saturated rings. The summed E-state index contributed by atoms with van der Waals surface area (Å²) >= 11 is 3.51. The van der Waals surface area contributed by atoms with Gasteiger partial charge in [0.2, 0.25) is 5.95 Å². The van der Waals surface area contributed by atoms with Crippen molar-refractivity contribution < 1.29 is 4.39 Å². The summed E-state index contributed by atoms with van der Waals surface area (Å²) in [6.45, 7) is 2.00. The van der Waals surface area contributed by atoms with Gasteiger partial charge in [-0.2, -0.15) is 0 Å². The standard InChI is InChI=1S/C14H11BrFN3/c1-8-2-5-12(10(15)6-8)19-13-7-9(16)3-4-11(13)18-14(19)17/h2-7H,1H3,(H2,17,18). The number of nitrogens with zero attached hydrogens (tertiary/aromatic N) is 2. The van der Waals surface area contributed by atoms with Gasteiger partial charge in [-0.25, -0.2) is 9.37 Å². The Labute approximate surface area is 118 Å². The molecule has 1 heterocycles. The molecule has 19 heavy (non-hydrogen) atoms. The fraction of sp³-hybridized carbons (Fsp3) is 0.0714. The maximum atomic E-state index is 13.4. The van der Waals surface area contributed by atoms with E-state index in [2.05, 4.69) is 20.9 Å². The highest BCUT2D eigenvalue weighted by atomic mass is 79.9. The van der Waals surface area contributed by atoms with Gasteiger partial charge < -0.3 is 5.73 Å². The zero-order valence-electron chi connectivity index (χ0n) is 10.2. The van der Waals surface area contributed by atoms with Gasteiger partial charge in [-0.1, -0.05) is 6.07 Å². The molecule has 3 aromatic rings. The lowest BCUT2D eigenvalue weighted by Crippen LogP contribution is -2.01. The number of anilines is 1. The number of hydrogen-bond donors (Lipinski definition) is 1. The van der Waals surface area contributed by atoms with Crippen molar-refractivity contribution in [1.82, 2.24) is 9.55 Å². The molecule has 0 aliphatic heterocycles. The van der Waals surface area contributed by atoms with E-state index >= 15 is 0 Å². The van der Waals surface area contributed by atoms with Crippen LogP contribution in [0.3, 0.4) is 0 Å². The lowest BCUT2D eigenvalue weighted by Gasteiger charge is -2.09. The van der Waals surface area contributed by atoms with Gasteiger partial charge in [0.05, 0.1) is 16.7 Å². The van der Waals surface area contributed by atoms with Crippen LogP contribution in [0.4, 0.5) is 10.3 Å². The number of halogens is 2. The van der Waals surface area contributed by atoms with Crippen molar-refractivity contribution in [2.24, 2.45) is 0 Å². The average molecular weight is 320 g/mol. The average Bonchev–Trinajstić information content (AvgIpc) is 2.65. The lowest BCUT2D eigenvalue weighted by molar-refractivity contribution is 0.629. The summed E-state index contributed by atoms with van der Waals surface area (Å²) in [6.07, 6.45) is 0. The first kappa shape index (κ1) is 12.2. The number of nitrogens with two attached hydrogens (primary N) is 1. The summed E-state index contributed by atoms with van der Waals surface area (Å²) < 4.78 is 16.0. The second kappa shape index (κ2) is 4.35. The Hall–Kier alpha value is -1.88. The molecule has 96 valence electrons. The highest BCUT2D eigenvalue weighted by Gasteiger charge is 2.13. The maximum Gasteiger partial charge on any atom is 0.205 e. The highest BCUT2D eigenvalue weighted by molar-refractivity contribution is 9.10. The van der Waals surface area contributed by atoms with Crippen molar-refractivity contribution in [2.45, 2.75) is 6.92 Å². The van der Waals surface area contributed by atoms with E-state index in [1.165, 1.54) is 12.1 Å². The van der Waals surface area contributed by atoms with Crippen molar-refractivity contribution in [3.63, 3.8) is 0 Å². The first-order valence-electron chi connectivity index (χ1n) is 5.76.